The Balaban J connectivity index is 1.69. The first-order chi connectivity index (χ1) is 12.0. The van der Waals surface area contributed by atoms with Crippen LogP contribution in [-0.2, 0) is 14.8 Å². The van der Waals surface area contributed by atoms with E-state index in [4.69, 9.17) is 10.5 Å². The molecule has 136 valence electrons. The highest BCUT2D eigenvalue weighted by Crippen LogP contribution is 2.34. The second kappa shape index (κ2) is 7.78. The Morgan fingerprint density at radius 2 is 2.32 bits per heavy atom. The van der Waals surface area contributed by atoms with E-state index in [0.717, 1.165) is 18.6 Å². The van der Waals surface area contributed by atoms with Crippen molar-refractivity contribution in [3.8, 4) is 11.8 Å². The van der Waals surface area contributed by atoms with Crippen molar-refractivity contribution < 1.29 is 13.2 Å². The number of ether oxygens (including phenoxy) is 1. The summed E-state index contributed by atoms with van der Waals surface area (Å²) in [6.07, 6.45) is 4.07. The van der Waals surface area contributed by atoms with Gasteiger partial charge in [0, 0.05) is 12.8 Å². The highest BCUT2D eigenvalue weighted by Gasteiger charge is 2.28. The van der Waals surface area contributed by atoms with E-state index in [9.17, 15) is 13.2 Å². The van der Waals surface area contributed by atoms with Crippen molar-refractivity contribution in [2.24, 2.45) is 0 Å². The zero-order chi connectivity index (χ0) is 17.9. The van der Waals surface area contributed by atoms with Crippen molar-refractivity contribution in [2.45, 2.75) is 29.9 Å². The lowest BCUT2D eigenvalue weighted by atomic mass is 10.3. The van der Waals surface area contributed by atoms with Crippen LogP contribution in [0.1, 0.15) is 30.2 Å². The van der Waals surface area contributed by atoms with Gasteiger partial charge in [-0.05, 0) is 25.0 Å². The molecular formula is C15H20N4O4S2. The minimum atomic E-state index is -3.44. The summed E-state index contributed by atoms with van der Waals surface area (Å²) in [6.45, 7) is 0.638. The number of nitrogens with one attached hydrogen (secondary N) is 1. The molecule has 3 rings (SSSR count). The number of hydrogen-bond donors (Lipinski definition) is 2. The molecule has 1 aromatic heterocycles. The average Bonchev–Trinajstić information content (AvgIpc) is 3.26. The van der Waals surface area contributed by atoms with Gasteiger partial charge in [0.15, 0.2) is 0 Å². The van der Waals surface area contributed by atoms with Gasteiger partial charge in [0.25, 0.3) is 0 Å². The van der Waals surface area contributed by atoms with E-state index >= 15 is 0 Å². The van der Waals surface area contributed by atoms with E-state index in [1.165, 1.54) is 0 Å². The summed E-state index contributed by atoms with van der Waals surface area (Å²) >= 11 is 1.70. The van der Waals surface area contributed by atoms with Gasteiger partial charge in [0.1, 0.15) is 11.1 Å². The summed E-state index contributed by atoms with van der Waals surface area (Å²) in [5, 5.41) is -0.468. The van der Waals surface area contributed by atoms with Crippen LogP contribution < -0.4 is 16.1 Å². The van der Waals surface area contributed by atoms with Gasteiger partial charge >= 0.3 is 5.69 Å². The number of nitrogens with two attached hydrogens (primary N) is 1. The summed E-state index contributed by atoms with van der Waals surface area (Å²) in [4.78, 5) is 15.8. The fourth-order valence-corrected chi connectivity index (χ4v) is 5.16. The molecule has 2 fully saturated rings. The van der Waals surface area contributed by atoms with Crippen molar-refractivity contribution in [1.29, 1.82) is 0 Å². The molecule has 2 aliphatic heterocycles. The summed E-state index contributed by atoms with van der Waals surface area (Å²) in [7, 11) is -3.44. The predicted octanol–water partition coefficient (Wildman–Crippen LogP) is -0.0891. The van der Waals surface area contributed by atoms with E-state index in [-0.39, 0.29) is 30.0 Å². The first kappa shape index (κ1) is 18.3. The number of nitrogens with zero attached hydrogens (tertiary/aromatic N) is 2. The van der Waals surface area contributed by atoms with Crippen LogP contribution in [0, 0.1) is 11.8 Å². The molecule has 8 nitrogen and oxygen atoms in total. The van der Waals surface area contributed by atoms with E-state index < -0.39 is 15.3 Å². The highest BCUT2D eigenvalue weighted by atomic mass is 32.2. The lowest BCUT2D eigenvalue weighted by molar-refractivity contribution is 0.198. The molecule has 2 atom stereocenters. The van der Waals surface area contributed by atoms with Gasteiger partial charge in [0.05, 0.1) is 24.1 Å². The monoisotopic (exact) mass is 384 g/mol. The van der Waals surface area contributed by atoms with Crippen LogP contribution in [0.3, 0.4) is 0 Å². The van der Waals surface area contributed by atoms with Crippen molar-refractivity contribution >= 4 is 27.6 Å². The molecule has 25 heavy (non-hydrogen) atoms. The number of hydrogen-bond acceptors (Lipinski definition) is 7. The number of sulfonamides is 1. The van der Waals surface area contributed by atoms with Crippen LogP contribution in [0.5, 0.6) is 0 Å². The Kier molecular flexibility index (Phi) is 5.68. The SMILES string of the molecule is Nc1nc(=O)n([C@@H]2CCCS2)cc1C#CCNS(=O)(=O)C1CCOC1. The molecule has 0 bridgehead atoms. The third-order valence-corrected chi connectivity index (χ3v) is 7.28. The lowest BCUT2D eigenvalue weighted by Gasteiger charge is -2.12. The number of thioether (sulfide) groups is 1. The van der Waals surface area contributed by atoms with E-state index in [2.05, 4.69) is 21.5 Å². The van der Waals surface area contributed by atoms with Crippen LogP contribution in [0.15, 0.2) is 11.0 Å². The van der Waals surface area contributed by atoms with Crippen molar-refractivity contribution in [3.63, 3.8) is 0 Å². The number of aromatic nitrogens is 2. The second-order valence-electron chi connectivity index (χ2n) is 5.85. The molecule has 10 heteroatoms. The Bertz CT molecular complexity index is 845. The fourth-order valence-electron chi connectivity index (χ4n) is 2.72. The maximum Gasteiger partial charge on any atom is 0.350 e. The van der Waals surface area contributed by atoms with Crippen LogP contribution >= 0.6 is 11.8 Å². The highest BCUT2D eigenvalue weighted by molar-refractivity contribution is 7.99. The Morgan fingerprint density at radius 3 is 3.00 bits per heavy atom. The van der Waals surface area contributed by atoms with Gasteiger partial charge in [-0.2, -0.15) is 4.98 Å². The molecule has 2 aliphatic rings. The van der Waals surface area contributed by atoms with Crippen molar-refractivity contribution in [3.05, 3.63) is 22.2 Å². The lowest BCUT2D eigenvalue weighted by Crippen LogP contribution is -2.34. The molecule has 0 aromatic carbocycles. The van der Waals surface area contributed by atoms with E-state index in [1.54, 1.807) is 22.5 Å². The van der Waals surface area contributed by atoms with Gasteiger partial charge in [-0.25, -0.2) is 17.9 Å². The maximum atomic E-state index is 12.0. The topological polar surface area (TPSA) is 116 Å². The quantitative estimate of drug-likeness (QED) is 0.697. The van der Waals surface area contributed by atoms with Gasteiger partial charge in [-0.15, -0.1) is 11.8 Å². The number of anilines is 1. The Hall–Kier alpha value is -1.54. The largest absolute Gasteiger partial charge is 0.382 e. The fraction of sp³-hybridized carbons (Fsp3) is 0.600. The van der Waals surface area contributed by atoms with Crippen LogP contribution in [-0.4, -0.2) is 48.7 Å². The van der Waals surface area contributed by atoms with Crippen LogP contribution in [0.25, 0.3) is 0 Å². The molecule has 0 radical (unpaired) electrons. The van der Waals surface area contributed by atoms with Gasteiger partial charge < -0.3 is 10.5 Å². The first-order valence-corrected chi connectivity index (χ1v) is 10.6. The summed E-state index contributed by atoms with van der Waals surface area (Å²) in [6, 6.07) is 0. The molecule has 3 N–H and O–H groups in total. The molecule has 0 saturated carbocycles. The first-order valence-electron chi connectivity index (χ1n) is 8.03. The molecular weight excluding hydrogens is 364 g/mol. The summed E-state index contributed by atoms with van der Waals surface area (Å²) in [5.74, 6) is 6.61. The molecule has 2 saturated heterocycles. The maximum absolute atomic E-state index is 12.0. The van der Waals surface area contributed by atoms with Crippen LogP contribution in [0.2, 0.25) is 0 Å². The zero-order valence-corrected chi connectivity index (χ0v) is 15.2. The number of rotatable bonds is 4. The molecule has 1 unspecified atom stereocenters. The zero-order valence-electron chi connectivity index (χ0n) is 13.6. The van der Waals surface area contributed by atoms with Gasteiger partial charge in [-0.3, -0.25) is 4.57 Å². The molecule has 0 amide bonds. The van der Waals surface area contributed by atoms with Crippen molar-refractivity contribution in [2.75, 3.05) is 31.2 Å². The second-order valence-corrected chi connectivity index (χ2v) is 9.18. The van der Waals surface area contributed by atoms with Crippen LogP contribution in [0.4, 0.5) is 5.82 Å². The minimum Gasteiger partial charge on any atom is -0.382 e. The minimum absolute atomic E-state index is 0.0322. The van der Waals surface area contributed by atoms with E-state index in [1.807, 2.05) is 0 Å². The normalized spacial score (nSPS) is 23.4. The molecule has 0 spiro atoms. The summed E-state index contributed by atoms with van der Waals surface area (Å²) in [5.41, 5.74) is 5.81. The van der Waals surface area contributed by atoms with E-state index in [0.29, 0.717) is 18.6 Å². The molecule has 0 aliphatic carbocycles. The third kappa shape index (κ3) is 4.36. The smallest absolute Gasteiger partial charge is 0.350 e. The van der Waals surface area contributed by atoms with Gasteiger partial charge in [-0.1, -0.05) is 11.8 Å². The molecule has 1 aromatic rings. The van der Waals surface area contributed by atoms with Gasteiger partial charge in [0.2, 0.25) is 10.0 Å². The standard InChI is InChI=1S/C15H20N4O4S2/c16-14-11(9-19(15(20)18-14)13-4-2-8-24-13)3-1-6-17-25(21,22)12-5-7-23-10-12/h9,12-13,17H,2,4-8,10H2,(H2,16,18,20)/t12?,13-/m0/s1. The third-order valence-electron chi connectivity index (χ3n) is 4.11. The average molecular weight is 384 g/mol. The molecule has 3 heterocycles. The number of nitrogen functional groups attached to an aromatic ring is 1. The van der Waals surface area contributed by atoms with Crippen molar-refractivity contribution in [1.82, 2.24) is 14.3 Å². The Morgan fingerprint density at radius 1 is 1.48 bits per heavy atom. The Labute approximate surface area is 150 Å². The summed E-state index contributed by atoms with van der Waals surface area (Å²) < 4.78 is 33.2. The predicted molar refractivity (Wildman–Crippen MR) is 96.7 cm³/mol.